The maximum atomic E-state index is 12.0. The number of aliphatic hydroxyl groups excluding tert-OH is 1. The molecule has 0 amide bonds. The van der Waals surface area contributed by atoms with Crippen molar-refractivity contribution in [2.45, 2.75) is 25.1 Å². The number of halogens is 3. The van der Waals surface area contributed by atoms with Crippen molar-refractivity contribution >= 4 is 0 Å². The Kier molecular flexibility index (Phi) is 5.62. The molecule has 0 saturated heterocycles. The lowest BCUT2D eigenvalue weighted by molar-refractivity contribution is -0.137. The third-order valence-electron chi connectivity index (χ3n) is 2.75. The monoisotopic (exact) mass is 261 g/mol. The van der Waals surface area contributed by atoms with Gasteiger partial charge in [0.1, 0.15) is 0 Å². The van der Waals surface area contributed by atoms with Crippen molar-refractivity contribution in [2.75, 3.05) is 20.1 Å². The molecule has 0 heterocycles. The Hall–Kier alpha value is -1.07. The van der Waals surface area contributed by atoms with Crippen molar-refractivity contribution in [3.8, 4) is 0 Å². The molecule has 0 aliphatic heterocycles. The molecule has 1 unspecified atom stereocenters. The van der Waals surface area contributed by atoms with Gasteiger partial charge in [-0.25, -0.2) is 0 Å². The molecule has 0 aliphatic rings. The molecule has 0 aromatic heterocycles. The van der Waals surface area contributed by atoms with Crippen LogP contribution in [-0.4, -0.2) is 36.3 Å². The second-order valence-electron chi connectivity index (χ2n) is 4.38. The van der Waals surface area contributed by atoms with Crippen LogP contribution in [-0.2, 0) is 0 Å². The van der Waals surface area contributed by atoms with Crippen LogP contribution in [0.25, 0.3) is 0 Å². The number of alkyl halides is 3. The molecule has 0 aliphatic carbocycles. The van der Waals surface area contributed by atoms with Crippen molar-refractivity contribution in [1.29, 1.82) is 0 Å². The Bertz CT molecular complexity index is 340. The molecule has 18 heavy (non-hydrogen) atoms. The summed E-state index contributed by atoms with van der Waals surface area (Å²) >= 11 is 0. The summed E-state index contributed by atoms with van der Waals surface area (Å²) in [6.07, 6.45) is -5.13. The Labute approximate surface area is 105 Å². The van der Waals surface area contributed by atoms with Gasteiger partial charge < -0.3 is 10.0 Å². The predicted octanol–water partition coefficient (Wildman–Crippen LogP) is 2.99. The van der Waals surface area contributed by atoms with E-state index in [1.54, 1.807) is 24.1 Å². The molecule has 0 spiro atoms. The molecule has 1 aromatic rings. The quantitative estimate of drug-likeness (QED) is 0.851. The van der Waals surface area contributed by atoms with E-state index in [0.717, 1.165) is 5.56 Å². The zero-order chi connectivity index (χ0) is 13.6. The molecule has 1 N–H and O–H groups in total. The Morgan fingerprint density at radius 2 is 1.78 bits per heavy atom. The summed E-state index contributed by atoms with van der Waals surface area (Å²) in [5.74, 6) is 0. The largest absolute Gasteiger partial charge is 0.390 e. The molecule has 0 radical (unpaired) electrons. The number of aliphatic hydroxyl groups is 1. The van der Waals surface area contributed by atoms with Gasteiger partial charge in [0.2, 0.25) is 0 Å². The third kappa shape index (κ3) is 6.02. The molecule has 102 valence electrons. The Morgan fingerprint density at radius 3 is 2.33 bits per heavy atom. The smallest absolute Gasteiger partial charge is 0.388 e. The van der Waals surface area contributed by atoms with E-state index < -0.39 is 18.7 Å². The van der Waals surface area contributed by atoms with E-state index in [9.17, 15) is 18.3 Å². The standard InChI is InChI=1S/C13H18F3NO/c1-17(10-8-13(14,15)16)9-7-12(18)11-5-3-2-4-6-11/h2-6,12,18H,7-10H2,1H3. The first kappa shape index (κ1) is 15.0. The maximum absolute atomic E-state index is 12.0. The average Bonchev–Trinajstić information content (AvgIpc) is 2.33. The lowest BCUT2D eigenvalue weighted by atomic mass is 10.1. The van der Waals surface area contributed by atoms with Gasteiger partial charge in [0.05, 0.1) is 12.5 Å². The van der Waals surface area contributed by atoms with Crippen LogP contribution in [0.4, 0.5) is 13.2 Å². The third-order valence-corrected chi connectivity index (χ3v) is 2.75. The van der Waals surface area contributed by atoms with Gasteiger partial charge in [0.15, 0.2) is 0 Å². The van der Waals surface area contributed by atoms with Gasteiger partial charge in [-0.1, -0.05) is 30.3 Å². The van der Waals surface area contributed by atoms with Crippen molar-refractivity contribution in [3.63, 3.8) is 0 Å². The summed E-state index contributed by atoms with van der Waals surface area (Å²) in [5, 5.41) is 9.85. The second-order valence-corrected chi connectivity index (χ2v) is 4.38. The fourth-order valence-electron chi connectivity index (χ4n) is 1.61. The molecule has 1 aromatic carbocycles. The van der Waals surface area contributed by atoms with Gasteiger partial charge in [0, 0.05) is 13.1 Å². The average molecular weight is 261 g/mol. The van der Waals surface area contributed by atoms with Crippen molar-refractivity contribution in [1.82, 2.24) is 4.90 Å². The number of hydrogen-bond donors (Lipinski definition) is 1. The summed E-state index contributed by atoms with van der Waals surface area (Å²) < 4.78 is 36.0. The number of benzene rings is 1. The second kappa shape index (κ2) is 6.75. The molecule has 0 fully saturated rings. The molecule has 5 heteroatoms. The molecule has 1 atom stereocenters. The Morgan fingerprint density at radius 1 is 1.17 bits per heavy atom. The van der Waals surface area contributed by atoms with Crippen LogP contribution in [0.2, 0.25) is 0 Å². The molecular formula is C13H18F3NO. The highest BCUT2D eigenvalue weighted by Gasteiger charge is 2.27. The lowest BCUT2D eigenvalue weighted by Gasteiger charge is -2.19. The minimum absolute atomic E-state index is 0.0367. The van der Waals surface area contributed by atoms with E-state index in [4.69, 9.17) is 0 Å². The van der Waals surface area contributed by atoms with Crippen LogP contribution in [0.15, 0.2) is 30.3 Å². The predicted molar refractivity (Wildman–Crippen MR) is 64.2 cm³/mol. The zero-order valence-corrected chi connectivity index (χ0v) is 10.3. The minimum atomic E-state index is -4.12. The number of rotatable bonds is 6. The van der Waals surface area contributed by atoms with Gasteiger partial charge in [-0.15, -0.1) is 0 Å². The summed E-state index contributed by atoms with van der Waals surface area (Å²) in [5.41, 5.74) is 0.793. The summed E-state index contributed by atoms with van der Waals surface area (Å²) in [6, 6.07) is 9.12. The van der Waals surface area contributed by atoms with E-state index in [2.05, 4.69) is 0 Å². The molecule has 0 bridgehead atoms. The van der Waals surface area contributed by atoms with E-state index in [1.165, 1.54) is 0 Å². The van der Waals surface area contributed by atoms with Crippen molar-refractivity contribution < 1.29 is 18.3 Å². The minimum Gasteiger partial charge on any atom is -0.388 e. The van der Waals surface area contributed by atoms with Crippen LogP contribution in [0.1, 0.15) is 24.5 Å². The molecular weight excluding hydrogens is 243 g/mol. The van der Waals surface area contributed by atoms with E-state index in [0.29, 0.717) is 13.0 Å². The van der Waals surface area contributed by atoms with Gasteiger partial charge in [-0.3, -0.25) is 0 Å². The maximum Gasteiger partial charge on any atom is 0.390 e. The molecule has 2 nitrogen and oxygen atoms in total. The first-order valence-corrected chi connectivity index (χ1v) is 5.87. The highest BCUT2D eigenvalue weighted by molar-refractivity contribution is 5.17. The fourth-order valence-corrected chi connectivity index (χ4v) is 1.61. The van der Waals surface area contributed by atoms with Gasteiger partial charge in [-0.2, -0.15) is 13.2 Å². The topological polar surface area (TPSA) is 23.5 Å². The van der Waals surface area contributed by atoms with Gasteiger partial charge >= 0.3 is 6.18 Å². The first-order chi connectivity index (χ1) is 8.38. The van der Waals surface area contributed by atoms with Crippen molar-refractivity contribution in [2.24, 2.45) is 0 Å². The molecule has 1 rings (SSSR count). The SMILES string of the molecule is CN(CCC(O)c1ccccc1)CCC(F)(F)F. The highest BCUT2D eigenvalue weighted by Crippen LogP contribution is 2.20. The number of nitrogens with zero attached hydrogens (tertiary/aromatic N) is 1. The van der Waals surface area contributed by atoms with E-state index in [-0.39, 0.29) is 6.54 Å². The Balaban J connectivity index is 2.28. The van der Waals surface area contributed by atoms with Crippen LogP contribution in [0.3, 0.4) is 0 Å². The first-order valence-electron chi connectivity index (χ1n) is 5.87. The van der Waals surface area contributed by atoms with Gasteiger partial charge in [0.25, 0.3) is 0 Å². The van der Waals surface area contributed by atoms with Crippen LogP contribution < -0.4 is 0 Å². The fraction of sp³-hybridized carbons (Fsp3) is 0.538. The summed E-state index contributed by atoms with van der Waals surface area (Å²) in [7, 11) is 1.63. The number of hydrogen-bond acceptors (Lipinski definition) is 2. The molecule has 0 saturated carbocycles. The van der Waals surface area contributed by atoms with E-state index in [1.807, 2.05) is 18.2 Å². The van der Waals surface area contributed by atoms with E-state index >= 15 is 0 Å². The highest BCUT2D eigenvalue weighted by atomic mass is 19.4. The van der Waals surface area contributed by atoms with Crippen LogP contribution in [0, 0.1) is 0 Å². The van der Waals surface area contributed by atoms with Crippen LogP contribution >= 0.6 is 0 Å². The normalized spacial score (nSPS) is 13.9. The van der Waals surface area contributed by atoms with Crippen molar-refractivity contribution in [3.05, 3.63) is 35.9 Å². The van der Waals surface area contributed by atoms with Gasteiger partial charge in [-0.05, 0) is 19.0 Å². The summed E-state index contributed by atoms with van der Waals surface area (Å²) in [6.45, 7) is 0.400. The summed E-state index contributed by atoms with van der Waals surface area (Å²) in [4.78, 5) is 1.58. The van der Waals surface area contributed by atoms with Crippen LogP contribution in [0.5, 0.6) is 0 Å². The zero-order valence-electron chi connectivity index (χ0n) is 10.3. The lowest BCUT2D eigenvalue weighted by Crippen LogP contribution is -2.26.